The maximum Gasteiger partial charge on any atom is 0.269 e. The van der Waals surface area contributed by atoms with Crippen molar-refractivity contribution in [1.82, 2.24) is 0 Å². The Morgan fingerprint density at radius 1 is 1.06 bits per heavy atom. The Kier molecular flexibility index (Phi) is 5.59. The van der Waals surface area contributed by atoms with E-state index in [9.17, 15) is 25.4 Å². The molecule has 2 aliphatic rings. The Labute approximate surface area is 199 Å². The lowest BCUT2D eigenvalue weighted by Crippen LogP contribution is -2.42. The van der Waals surface area contributed by atoms with E-state index < -0.39 is 10.8 Å². The van der Waals surface area contributed by atoms with Crippen molar-refractivity contribution in [2.45, 2.75) is 25.2 Å². The zero-order valence-electron chi connectivity index (χ0n) is 18.1. The number of nitrogens with zero attached hydrogens (tertiary/aromatic N) is 2. The van der Waals surface area contributed by atoms with Gasteiger partial charge >= 0.3 is 0 Å². The summed E-state index contributed by atoms with van der Waals surface area (Å²) >= 11 is 1.49. The number of carbonyl (C=O) groups excluding carboxylic acids is 1. The fourth-order valence-electron chi connectivity index (χ4n) is 4.69. The van der Waals surface area contributed by atoms with E-state index in [1.807, 2.05) is 35.7 Å². The summed E-state index contributed by atoms with van der Waals surface area (Å²) in [5.74, 6) is -0.551. The standard InChI is InChI=1S/C26H21N3O4S/c27-26-24(25(31)16-6-2-1-3-7-16)23(21-10-5-15-34-21)22-19(8-4-9-20(22)30)28(26)17-11-13-18(14-12-17)29(32)33/h1-3,5-7,10-15,23,27,31H,4,8-9H2. The van der Waals surface area contributed by atoms with Crippen molar-refractivity contribution in [3.05, 3.63) is 110 Å². The number of hydrogen-bond donors (Lipinski definition) is 2. The highest BCUT2D eigenvalue weighted by Crippen LogP contribution is 2.48. The minimum Gasteiger partial charge on any atom is -0.507 e. The minimum absolute atomic E-state index is 0.00239. The molecule has 1 unspecified atom stereocenters. The fraction of sp³-hybridized carbons (Fsp3) is 0.154. The van der Waals surface area contributed by atoms with Crippen LogP contribution in [0.5, 0.6) is 0 Å². The molecule has 2 heterocycles. The highest BCUT2D eigenvalue weighted by Gasteiger charge is 2.43. The van der Waals surface area contributed by atoms with Crippen LogP contribution in [-0.4, -0.2) is 21.6 Å². The summed E-state index contributed by atoms with van der Waals surface area (Å²) in [6, 6.07) is 18.8. The lowest BCUT2D eigenvalue weighted by molar-refractivity contribution is -0.384. The number of Topliss-reactive ketones (excluding diaryl/α,β-unsaturated/α-hetero) is 1. The van der Waals surface area contributed by atoms with Crippen molar-refractivity contribution in [2.75, 3.05) is 4.90 Å². The average molecular weight is 472 g/mol. The number of nitrogens with one attached hydrogen (secondary N) is 1. The second-order valence-electron chi connectivity index (χ2n) is 8.17. The fourth-order valence-corrected chi connectivity index (χ4v) is 5.53. The highest BCUT2D eigenvalue weighted by molar-refractivity contribution is 7.10. The van der Waals surface area contributed by atoms with Crippen molar-refractivity contribution in [3.63, 3.8) is 0 Å². The van der Waals surface area contributed by atoms with Crippen LogP contribution in [0, 0.1) is 15.5 Å². The number of amidine groups is 1. The van der Waals surface area contributed by atoms with Crippen LogP contribution in [0.25, 0.3) is 5.76 Å². The summed E-state index contributed by atoms with van der Waals surface area (Å²) in [7, 11) is 0. The number of aliphatic hydroxyl groups excluding tert-OH is 1. The van der Waals surface area contributed by atoms with E-state index >= 15 is 0 Å². The van der Waals surface area contributed by atoms with E-state index in [1.54, 1.807) is 29.2 Å². The van der Waals surface area contributed by atoms with Gasteiger partial charge in [0.15, 0.2) is 5.78 Å². The number of carbonyl (C=O) groups is 1. The molecule has 2 N–H and O–H groups in total. The molecule has 1 aliphatic carbocycles. The monoisotopic (exact) mass is 471 g/mol. The first-order chi connectivity index (χ1) is 16.5. The van der Waals surface area contributed by atoms with Crippen molar-refractivity contribution in [1.29, 1.82) is 5.41 Å². The minimum atomic E-state index is -0.551. The lowest BCUT2D eigenvalue weighted by atomic mass is 9.76. The van der Waals surface area contributed by atoms with Crippen LogP contribution in [0.3, 0.4) is 0 Å². The van der Waals surface area contributed by atoms with Crippen molar-refractivity contribution < 1.29 is 14.8 Å². The van der Waals surface area contributed by atoms with Gasteiger partial charge in [-0.2, -0.15) is 0 Å². The van der Waals surface area contributed by atoms with E-state index in [0.717, 1.165) is 10.6 Å². The molecule has 5 rings (SSSR count). The Morgan fingerprint density at radius 2 is 1.79 bits per heavy atom. The molecule has 1 aromatic heterocycles. The first-order valence-electron chi connectivity index (χ1n) is 10.9. The molecule has 7 nitrogen and oxygen atoms in total. The van der Waals surface area contributed by atoms with Gasteiger partial charge in [0.25, 0.3) is 5.69 Å². The molecule has 170 valence electrons. The van der Waals surface area contributed by atoms with Gasteiger partial charge in [0.2, 0.25) is 0 Å². The molecule has 0 spiro atoms. The first-order valence-corrected chi connectivity index (χ1v) is 11.8. The van der Waals surface area contributed by atoms with Gasteiger partial charge in [-0.1, -0.05) is 36.4 Å². The van der Waals surface area contributed by atoms with Crippen LogP contribution in [0.15, 0.2) is 89.0 Å². The molecule has 8 heteroatoms. The molecule has 0 fully saturated rings. The molecule has 2 aromatic carbocycles. The first kappa shape index (κ1) is 21.8. The second kappa shape index (κ2) is 8.72. The van der Waals surface area contributed by atoms with Crippen LogP contribution in [0.1, 0.15) is 35.6 Å². The van der Waals surface area contributed by atoms with Crippen molar-refractivity contribution in [3.8, 4) is 0 Å². The van der Waals surface area contributed by atoms with Crippen LogP contribution in [0.2, 0.25) is 0 Å². The third kappa shape index (κ3) is 3.62. The van der Waals surface area contributed by atoms with Gasteiger partial charge in [0.1, 0.15) is 11.6 Å². The Balaban J connectivity index is 1.78. The Bertz CT molecular complexity index is 1340. The maximum absolute atomic E-state index is 13.3. The quantitative estimate of drug-likeness (QED) is 0.267. The molecule has 3 aromatic rings. The number of allylic oxidation sites excluding steroid dienone is 2. The lowest BCUT2D eigenvalue weighted by Gasteiger charge is -2.41. The molecule has 34 heavy (non-hydrogen) atoms. The topological polar surface area (TPSA) is 108 Å². The summed E-state index contributed by atoms with van der Waals surface area (Å²) in [4.78, 5) is 26.5. The van der Waals surface area contributed by atoms with Gasteiger partial charge < -0.3 is 5.11 Å². The largest absolute Gasteiger partial charge is 0.507 e. The number of rotatable bonds is 4. The molecule has 1 atom stereocenters. The average Bonchev–Trinajstić information content (AvgIpc) is 3.38. The van der Waals surface area contributed by atoms with E-state index in [0.29, 0.717) is 41.7 Å². The summed E-state index contributed by atoms with van der Waals surface area (Å²) in [5, 5.41) is 33.7. The van der Waals surface area contributed by atoms with Gasteiger partial charge in [-0.05, 0) is 36.4 Å². The van der Waals surface area contributed by atoms with Crippen molar-refractivity contribution >= 4 is 40.1 Å². The maximum atomic E-state index is 13.3. The van der Waals surface area contributed by atoms with Crippen LogP contribution in [0.4, 0.5) is 11.4 Å². The summed E-state index contributed by atoms with van der Waals surface area (Å²) in [5.41, 5.74) is 2.70. The number of thiophene rings is 1. The predicted molar refractivity (Wildman–Crippen MR) is 132 cm³/mol. The number of ketones is 1. The number of benzene rings is 2. The smallest absolute Gasteiger partial charge is 0.269 e. The second-order valence-corrected chi connectivity index (χ2v) is 9.15. The van der Waals surface area contributed by atoms with Crippen LogP contribution in [-0.2, 0) is 4.79 Å². The molecule has 0 saturated heterocycles. The molecule has 0 radical (unpaired) electrons. The Hall–Kier alpha value is -4.04. The molecular formula is C26H21N3O4S. The number of anilines is 1. The van der Waals surface area contributed by atoms with E-state index in [4.69, 9.17) is 0 Å². The number of nitro benzene ring substituents is 1. The van der Waals surface area contributed by atoms with E-state index in [-0.39, 0.29) is 23.1 Å². The van der Waals surface area contributed by atoms with Gasteiger partial charge in [-0.25, -0.2) is 0 Å². The number of hydrogen-bond acceptors (Lipinski definition) is 6. The SMILES string of the molecule is N=C1C(=C(O)c2ccccc2)C(c2cccs2)C2=C(CCCC2=O)N1c1ccc([N+](=O)[O-])cc1. The summed E-state index contributed by atoms with van der Waals surface area (Å²) in [6.45, 7) is 0. The summed E-state index contributed by atoms with van der Waals surface area (Å²) in [6.07, 6.45) is 1.67. The normalized spacial score (nSPS) is 19.8. The Morgan fingerprint density at radius 3 is 2.44 bits per heavy atom. The molecule has 0 saturated carbocycles. The zero-order valence-corrected chi connectivity index (χ0v) is 18.9. The molecule has 0 amide bonds. The molecule has 1 aliphatic heterocycles. The third-order valence-electron chi connectivity index (χ3n) is 6.20. The van der Waals surface area contributed by atoms with Crippen LogP contribution >= 0.6 is 11.3 Å². The zero-order chi connectivity index (χ0) is 23.8. The van der Waals surface area contributed by atoms with E-state index in [2.05, 4.69) is 0 Å². The molecule has 0 bridgehead atoms. The summed E-state index contributed by atoms with van der Waals surface area (Å²) < 4.78 is 0. The van der Waals surface area contributed by atoms with Gasteiger partial charge in [-0.15, -0.1) is 11.3 Å². The van der Waals surface area contributed by atoms with Gasteiger partial charge in [-0.3, -0.25) is 25.2 Å². The van der Waals surface area contributed by atoms with Gasteiger partial charge in [0, 0.05) is 46.0 Å². The van der Waals surface area contributed by atoms with Gasteiger partial charge in [0.05, 0.1) is 16.4 Å². The van der Waals surface area contributed by atoms with Crippen molar-refractivity contribution in [2.24, 2.45) is 0 Å². The molecular weight excluding hydrogens is 450 g/mol. The van der Waals surface area contributed by atoms with E-state index in [1.165, 1.54) is 23.5 Å². The number of non-ortho nitro benzene ring substituents is 1. The predicted octanol–water partition coefficient (Wildman–Crippen LogP) is 6.21. The highest BCUT2D eigenvalue weighted by atomic mass is 32.1. The number of nitro groups is 1. The number of aliphatic hydroxyl groups is 1. The van der Waals surface area contributed by atoms with Crippen LogP contribution < -0.4 is 4.90 Å². The third-order valence-corrected chi connectivity index (χ3v) is 7.14.